The molecule has 0 aliphatic carbocycles. The van der Waals surface area contributed by atoms with Crippen molar-refractivity contribution in [3.8, 4) is 0 Å². The molecule has 0 heterocycles. The monoisotopic (exact) mass is 267 g/mol. The van der Waals surface area contributed by atoms with E-state index in [1.807, 2.05) is 0 Å². The fourth-order valence-electron chi connectivity index (χ4n) is 1.63. The Balaban J connectivity index is 3.40. The molecule has 3 N–H and O–H groups in total. The lowest BCUT2D eigenvalue weighted by atomic mass is 9.84. The van der Waals surface area contributed by atoms with Gasteiger partial charge >= 0.3 is 6.18 Å². The zero-order valence-electron chi connectivity index (χ0n) is 9.13. The smallest absolute Gasteiger partial charge is 0.375 e. The molecular weight excluding hydrogens is 255 g/mol. The minimum Gasteiger partial charge on any atom is -0.375 e. The SMILES string of the molecule is CCC(N)C(O)(c1ccccc1Cl)C(F)(F)F. The van der Waals surface area contributed by atoms with Crippen molar-refractivity contribution in [3.63, 3.8) is 0 Å². The zero-order valence-corrected chi connectivity index (χ0v) is 9.89. The largest absolute Gasteiger partial charge is 0.423 e. The Morgan fingerprint density at radius 1 is 1.35 bits per heavy atom. The summed E-state index contributed by atoms with van der Waals surface area (Å²) < 4.78 is 39.1. The van der Waals surface area contributed by atoms with Gasteiger partial charge in [0.2, 0.25) is 5.60 Å². The molecule has 6 heteroatoms. The summed E-state index contributed by atoms with van der Waals surface area (Å²) in [6.07, 6.45) is -4.91. The van der Waals surface area contributed by atoms with Crippen LogP contribution in [0.2, 0.25) is 5.02 Å². The van der Waals surface area contributed by atoms with Crippen LogP contribution in [0.5, 0.6) is 0 Å². The van der Waals surface area contributed by atoms with Crippen molar-refractivity contribution in [2.45, 2.75) is 31.2 Å². The fraction of sp³-hybridized carbons (Fsp3) is 0.455. The van der Waals surface area contributed by atoms with Gasteiger partial charge in [0.05, 0.1) is 0 Å². The normalized spacial score (nSPS) is 17.6. The molecule has 0 saturated heterocycles. The van der Waals surface area contributed by atoms with Crippen molar-refractivity contribution in [2.24, 2.45) is 5.73 Å². The predicted molar refractivity (Wildman–Crippen MR) is 59.7 cm³/mol. The molecule has 1 aromatic rings. The molecule has 0 aliphatic rings. The molecular formula is C11H13ClF3NO. The van der Waals surface area contributed by atoms with Crippen LogP contribution in [0.25, 0.3) is 0 Å². The van der Waals surface area contributed by atoms with E-state index in [0.717, 1.165) is 6.07 Å². The van der Waals surface area contributed by atoms with E-state index in [9.17, 15) is 18.3 Å². The lowest BCUT2D eigenvalue weighted by molar-refractivity contribution is -0.274. The minimum absolute atomic E-state index is 0.0266. The molecule has 0 aromatic heterocycles. The summed E-state index contributed by atoms with van der Waals surface area (Å²) in [5, 5.41) is 9.78. The molecule has 0 aliphatic heterocycles. The molecule has 2 unspecified atom stereocenters. The van der Waals surface area contributed by atoms with E-state index in [2.05, 4.69) is 0 Å². The molecule has 1 rings (SSSR count). The number of halogens is 4. The van der Waals surface area contributed by atoms with Gasteiger partial charge in [0.15, 0.2) is 0 Å². The third kappa shape index (κ3) is 2.41. The second kappa shape index (κ2) is 4.84. The molecule has 17 heavy (non-hydrogen) atoms. The summed E-state index contributed by atoms with van der Waals surface area (Å²) in [5.41, 5.74) is 1.87. The van der Waals surface area contributed by atoms with Crippen LogP contribution in [0.15, 0.2) is 24.3 Å². The van der Waals surface area contributed by atoms with Gasteiger partial charge in [-0.15, -0.1) is 0 Å². The first-order valence-electron chi connectivity index (χ1n) is 5.04. The Bertz CT molecular complexity index is 397. The number of alkyl halides is 3. The Kier molecular flexibility index (Phi) is 4.06. The lowest BCUT2D eigenvalue weighted by Crippen LogP contribution is -2.55. The third-order valence-electron chi connectivity index (χ3n) is 2.69. The van der Waals surface area contributed by atoms with E-state index in [4.69, 9.17) is 17.3 Å². The number of hydrogen-bond donors (Lipinski definition) is 2. The van der Waals surface area contributed by atoms with Gasteiger partial charge in [-0.3, -0.25) is 0 Å². The van der Waals surface area contributed by atoms with Crippen LogP contribution < -0.4 is 5.73 Å². The van der Waals surface area contributed by atoms with E-state index >= 15 is 0 Å². The molecule has 0 radical (unpaired) electrons. The first-order valence-corrected chi connectivity index (χ1v) is 5.42. The van der Waals surface area contributed by atoms with Crippen molar-refractivity contribution in [3.05, 3.63) is 34.9 Å². The third-order valence-corrected chi connectivity index (χ3v) is 3.02. The molecule has 0 bridgehead atoms. The van der Waals surface area contributed by atoms with Crippen LogP contribution in [-0.4, -0.2) is 17.3 Å². The van der Waals surface area contributed by atoms with E-state index in [-0.39, 0.29) is 11.4 Å². The van der Waals surface area contributed by atoms with E-state index in [1.165, 1.54) is 25.1 Å². The molecule has 0 saturated carbocycles. The first kappa shape index (κ1) is 14.3. The predicted octanol–water partition coefficient (Wildman–Crippen LogP) is 2.83. The molecule has 1 aromatic carbocycles. The zero-order chi connectivity index (χ0) is 13.3. The average Bonchev–Trinajstić information content (AvgIpc) is 2.26. The number of hydrogen-bond acceptors (Lipinski definition) is 2. The molecule has 0 fully saturated rings. The lowest BCUT2D eigenvalue weighted by Gasteiger charge is -2.36. The van der Waals surface area contributed by atoms with Crippen molar-refractivity contribution < 1.29 is 18.3 Å². The van der Waals surface area contributed by atoms with Gasteiger partial charge < -0.3 is 10.8 Å². The van der Waals surface area contributed by atoms with E-state index < -0.39 is 23.4 Å². The van der Waals surface area contributed by atoms with Gasteiger partial charge in [-0.25, -0.2) is 0 Å². The average molecular weight is 268 g/mol. The van der Waals surface area contributed by atoms with Crippen molar-refractivity contribution in [1.82, 2.24) is 0 Å². The maximum Gasteiger partial charge on any atom is 0.423 e. The highest BCUT2D eigenvalue weighted by atomic mass is 35.5. The summed E-state index contributed by atoms with van der Waals surface area (Å²) in [5.74, 6) is 0. The fourth-order valence-corrected chi connectivity index (χ4v) is 1.91. The first-order chi connectivity index (χ1) is 7.75. The molecule has 2 atom stereocenters. The van der Waals surface area contributed by atoms with Crippen LogP contribution >= 0.6 is 11.6 Å². The standard InChI is InChI=1S/C11H13ClF3NO/c1-2-9(16)10(17,11(13,14)15)7-5-3-4-6-8(7)12/h3-6,9,17H,2,16H2,1H3. The number of nitrogens with two attached hydrogens (primary N) is 1. The van der Waals surface area contributed by atoms with E-state index in [1.54, 1.807) is 0 Å². The maximum atomic E-state index is 13.0. The van der Waals surface area contributed by atoms with Crippen LogP contribution in [0, 0.1) is 0 Å². The summed E-state index contributed by atoms with van der Waals surface area (Å²) in [4.78, 5) is 0. The quantitative estimate of drug-likeness (QED) is 0.885. The Morgan fingerprint density at radius 3 is 2.29 bits per heavy atom. The summed E-state index contributed by atoms with van der Waals surface area (Å²) in [6, 6.07) is 3.81. The van der Waals surface area contributed by atoms with E-state index in [0.29, 0.717) is 0 Å². The molecule has 2 nitrogen and oxygen atoms in total. The highest BCUT2D eigenvalue weighted by molar-refractivity contribution is 6.31. The van der Waals surface area contributed by atoms with Gasteiger partial charge in [-0.05, 0) is 12.5 Å². The Hall–Kier alpha value is -0.780. The van der Waals surface area contributed by atoms with Gasteiger partial charge in [-0.2, -0.15) is 13.2 Å². The minimum atomic E-state index is -4.88. The highest BCUT2D eigenvalue weighted by Gasteiger charge is 2.58. The molecule has 96 valence electrons. The van der Waals surface area contributed by atoms with Crippen LogP contribution in [-0.2, 0) is 5.60 Å². The van der Waals surface area contributed by atoms with Crippen molar-refractivity contribution >= 4 is 11.6 Å². The van der Waals surface area contributed by atoms with Crippen molar-refractivity contribution in [2.75, 3.05) is 0 Å². The molecule has 0 amide bonds. The second-order valence-corrected chi connectivity index (χ2v) is 4.17. The summed E-state index contributed by atoms with van der Waals surface area (Å²) in [6.45, 7) is 1.47. The van der Waals surface area contributed by atoms with Crippen LogP contribution in [0.3, 0.4) is 0 Å². The second-order valence-electron chi connectivity index (χ2n) is 3.76. The highest BCUT2D eigenvalue weighted by Crippen LogP contribution is 2.44. The maximum absolute atomic E-state index is 13.0. The number of benzene rings is 1. The topological polar surface area (TPSA) is 46.2 Å². The summed E-state index contributed by atoms with van der Waals surface area (Å²) >= 11 is 5.70. The van der Waals surface area contributed by atoms with Crippen LogP contribution in [0.1, 0.15) is 18.9 Å². The Morgan fingerprint density at radius 2 is 1.88 bits per heavy atom. The number of rotatable bonds is 3. The van der Waals surface area contributed by atoms with Crippen molar-refractivity contribution in [1.29, 1.82) is 0 Å². The van der Waals surface area contributed by atoms with Crippen LogP contribution in [0.4, 0.5) is 13.2 Å². The summed E-state index contributed by atoms with van der Waals surface area (Å²) in [7, 11) is 0. The Labute approximate surface area is 102 Å². The van der Waals surface area contributed by atoms with Gasteiger partial charge in [0.25, 0.3) is 0 Å². The van der Waals surface area contributed by atoms with Gasteiger partial charge in [0, 0.05) is 16.6 Å². The van der Waals surface area contributed by atoms with Gasteiger partial charge in [0.1, 0.15) is 0 Å². The molecule has 0 spiro atoms. The number of aliphatic hydroxyl groups is 1. The van der Waals surface area contributed by atoms with Gasteiger partial charge in [-0.1, -0.05) is 36.7 Å².